The standard InChI is InChI=1S/C5H6BrNO3/c6-3-4-1-2-5(10-4)7(8)9/h1-2,7-8H,3H2. The van der Waals surface area contributed by atoms with Gasteiger partial charge in [0.25, 0.3) is 0 Å². The first kappa shape index (κ1) is 7.74. The van der Waals surface area contributed by atoms with E-state index >= 15 is 0 Å². The molecule has 1 heterocycles. The monoisotopic (exact) mass is 207 g/mol. The van der Waals surface area contributed by atoms with Crippen molar-refractivity contribution < 1.29 is 14.9 Å². The summed E-state index contributed by atoms with van der Waals surface area (Å²) >= 11 is 3.13. The van der Waals surface area contributed by atoms with E-state index in [1.165, 1.54) is 6.07 Å². The van der Waals surface area contributed by atoms with Crippen LogP contribution in [0.4, 0.5) is 5.88 Å². The lowest BCUT2D eigenvalue weighted by molar-refractivity contribution is -0.997. The van der Waals surface area contributed by atoms with Crippen LogP contribution in [0, 0.1) is 5.21 Å². The molecule has 0 aliphatic carbocycles. The molecule has 0 aromatic carbocycles. The molecule has 2 N–H and O–H groups in total. The predicted molar refractivity (Wildman–Crippen MR) is 37.1 cm³/mol. The second-order valence-electron chi connectivity index (χ2n) is 1.70. The summed E-state index contributed by atoms with van der Waals surface area (Å²) in [6.45, 7) is 0. The third-order valence-electron chi connectivity index (χ3n) is 1.00. The van der Waals surface area contributed by atoms with Crippen LogP contribution < -0.4 is 5.23 Å². The van der Waals surface area contributed by atoms with Gasteiger partial charge in [-0.2, -0.15) is 5.23 Å². The minimum atomic E-state index is -1.03. The van der Waals surface area contributed by atoms with Crippen LogP contribution in [0.5, 0.6) is 0 Å². The van der Waals surface area contributed by atoms with Crippen molar-refractivity contribution in [3.05, 3.63) is 23.1 Å². The average molecular weight is 208 g/mol. The van der Waals surface area contributed by atoms with Gasteiger partial charge in [0.2, 0.25) is 0 Å². The molecule has 0 radical (unpaired) electrons. The molecule has 0 spiro atoms. The summed E-state index contributed by atoms with van der Waals surface area (Å²) in [5.74, 6) is 0.604. The zero-order valence-corrected chi connectivity index (χ0v) is 6.59. The Hall–Kier alpha value is -0.360. The van der Waals surface area contributed by atoms with E-state index in [1.807, 2.05) is 0 Å². The number of quaternary nitrogens is 1. The molecule has 10 heavy (non-hydrogen) atoms. The van der Waals surface area contributed by atoms with E-state index in [-0.39, 0.29) is 5.88 Å². The molecule has 0 aliphatic heterocycles. The van der Waals surface area contributed by atoms with Crippen LogP contribution in [0.15, 0.2) is 16.5 Å². The third kappa shape index (κ3) is 1.57. The van der Waals surface area contributed by atoms with Crippen molar-refractivity contribution in [2.75, 3.05) is 0 Å². The highest BCUT2D eigenvalue weighted by Crippen LogP contribution is 2.11. The second-order valence-corrected chi connectivity index (χ2v) is 2.27. The first-order valence-electron chi connectivity index (χ1n) is 2.62. The Balaban J connectivity index is 2.78. The summed E-state index contributed by atoms with van der Waals surface area (Å²) in [7, 11) is 0. The number of furan rings is 1. The van der Waals surface area contributed by atoms with Gasteiger partial charge in [-0.15, -0.1) is 0 Å². The number of halogens is 1. The lowest BCUT2D eigenvalue weighted by Gasteiger charge is -2.05. The molecule has 4 nitrogen and oxygen atoms in total. The van der Waals surface area contributed by atoms with E-state index in [4.69, 9.17) is 9.62 Å². The normalized spacial score (nSPS) is 13.5. The molecular weight excluding hydrogens is 202 g/mol. The van der Waals surface area contributed by atoms with Crippen LogP contribution in [0.2, 0.25) is 0 Å². The largest absolute Gasteiger partial charge is 0.592 e. The van der Waals surface area contributed by atoms with E-state index in [9.17, 15) is 5.21 Å². The number of hydrogen-bond acceptors (Lipinski definition) is 3. The van der Waals surface area contributed by atoms with Crippen LogP contribution in [-0.4, -0.2) is 5.21 Å². The number of rotatable bonds is 2. The summed E-state index contributed by atoms with van der Waals surface area (Å²) in [6.07, 6.45) is 0. The molecule has 0 saturated heterocycles. The van der Waals surface area contributed by atoms with Crippen molar-refractivity contribution in [2.45, 2.75) is 5.33 Å². The first-order chi connectivity index (χ1) is 4.74. The van der Waals surface area contributed by atoms with Gasteiger partial charge in [-0.05, 0) is 6.07 Å². The maximum atomic E-state index is 10.2. The van der Waals surface area contributed by atoms with Gasteiger partial charge < -0.3 is 9.62 Å². The van der Waals surface area contributed by atoms with Gasteiger partial charge >= 0.3 is 5.88 Å². The highest BCUT2D eigenvalue weighted by molar-refractivity contribution is 9.08. The number of nitrogens with one attached hydrogen (secondary N) is 1. The van der Waals surface area contributed by atoms with E-state index in [2.05, 4.69) is 15.9 Å². The first-order valence-corrected chi connectivity index (χ1v) is 3.74. The van der Waals surface area contributed by atoms with E-state index in [1.54, 1.807) is 6.07 Å². The van der Waals surface area contributed by atoms with E-state index in [0.717, 1.165) is 0 Å². The molecule has 0 saturated carbocycles. The minimum absolute atomic E-state index is 0.0190. The molecule has 5 heteroatoms. The fraction of sp³-hybridized carbons (Fsp3) is 0.200. The second kappa shape index (κ2) is 3.16. The zero-order chi connectivity index (χ0) is 7.56. The van der Waals surface area contributed by atoms with E-state index < -0.39 is 5.23 Å². The van der Waals surface area contributed by atoms with Crippen LogP contribution in [0.25, 0.3) is 0 Å². The van der Waals surface area contributed by atoms with Crippen molar-refractivity contribution in [2.24, 2.45) is 0 Å². The molecule has 0 fully saturated rings. The predicted octanol–water partition coefficient (Wildman–Crippen LogP) is 0.578. The van der Waals surface area contributed by atoms with Gasteiger partial charge in [0.1, 0.15) is 5.76 Å². The molecule has 56 valence electrons. The third-order valence-corrected chi connectivity index (χ3v) is 1.56. The Morgan fingerprint density at radius 1 is 1.70 bits per heavy atom. The van der Waals surface area contributed by atoms with Crippen LogP contribution in [0.3, 0.4) is 0 Å². The SMILES string of the molecule is [O-][NH+](O)c1ccc(CBr)o1. The summed E-state index contributed by atoms with van der Waals surface area (Å²) in [6, 6.07) is 3.05. The lowest BCUT2D eigenvalue weighted by Crippen LogP contribution is -2.99. The Morgan fingerprint density at radius 2 is 2.40 bits per heavy atom. The molecule has 1 aromatic heterocycles. The molecule has 1 unspecified atom stereocenters. The maximum Gasteiger partial charge on any atom is 0.328 e. The van der Waals surface area contributed by atoms with E-state index in [0.29, 0.717) is 11.1 Å². The molecule has 1 aromatic rings. The van der Waals surface area contributed by atoms with Crippen LogP contribution in [-0.2, 0) is 5.33 Å². The quantitative estimate of drug-likeness (QED) is 0.551. The van der Waals surface area contributed by atoms with Gasteiger partial charge in [-0.25, -0.2) is 5.21 Å². The number of alkyl halides is 1. The van der Waals surface area contributed by atoms with Crippen LogP contribution >= 0.6 is 15.9 Å². The van der Waals surface area contributed by atoms with Crippen molar-refractivity contribution >= 4 is 21.8 Å². The summed E-state index contributed by atoms with van der Waals surface area (Å²) in [5, 5.41) is 18.1. The smallest absolute Gasteiger partial charge is 0.328 e. The van der Waals surface area contributed by atoms with Gasteiger partial charge in [0.05, 0.1) is 5.33 Å². The van der Waals surface area contributed by atoms with Crippen molar-refractivity contribution in [3.8, 4) is 0 Å². The fourth-order valence-corrected chi connectivity index (χ4v) is 0.866. The summed E-state index contributed by atoms with van der Waals surface area (Å²) < 4.78 is 4.85. The maximum absolute atomic E-state index is 10.2. The highest BCUT2D eigenvalue weighted by atomic mass is 79.9. The van der Waals surface area contributed by atoms with Crippen molar-refractivity contribution in [1.29, 1.82) is 0 Å². The minimum Gasteiger partial charge on any atom is -0.592 e. The topological polar surface area (TPSA) is 60.9 Å². The summed E-state index contributed by atoms with van der Waals surface area (Å²) in [4.78, 5) is 0. The van der Waals surface area contributed by atoms with Gasteiger partial charge in [0, 0.05) is 6.07 Å². The number of hydrogen-bond donors (Lipinski definition) is 2. The van der Waals surface area contributed by atoms with Crippen molar-refractivity contribution in [1.82, 2.24) is 0 Å². The molecule has 1 atom stereocenters. The Morgan fingerprint density at radius 3 is 2.70 bits per heavy atom. The van der Waals surface area contributed by atoms with Gasteiger partial charge in [0.15, 0.2) is 0 Å². The molecule has 1 rings (SSSR count). The van der Waals surface area contributed by atoms with Crippen LogP contribution in [0.1, 0.15) is 5.76 Å². The van der Waals surface area contributed by atoms with Crippen molar-refractivity contribution in [3.63, 3.8) is 0 Å². The zero-order valence-electron chi connectivity index (χ0n) is 5.00. The average Bonchev–Trinajstić information content (AvgIpc) is 2.34. The fourth-order valence-electron chi connectivity index (χ4n) is 0.565. The highest BCUT2D eigenvalue weighted by Gasteiger charge is 2.04. The molecule has 0 aliphatic rings. The van der Waals surface area contributed by atoms with Gasteiger partial charge in [-0.1, -0.05) is 15.9 Å². The molecular formula is C5H6BrNO3. The van der Waals surface area contributed by atoms with Gasteiger partial charge in [-0.3, -0.25) is 0 Å². The Bertz CT molecular complexity index is 210. The lowest BCUT2D eigenvalue weighted by atomic mass is 10.5. The molecule has 0 bridgehead atoms. The summed E-state index contributed by atoms with van der Waals surface area (Å²) in [5.41, 5.74) is 0. The Kier molecular flexibility index (Phi) is 2.44. The Labute approximate surface area is 65.7 Å². The molecule has 0 amide bonds.